The minimum Gasteiger partial charge on any atom is -0.316 e. The van der Waals surface area contributed by atoms with Crippen molar-refractivity contribution in [3.8, 4) is 0 Å². The van der Waals surface area contributed by atoms with E-state index in [0.29, 0.717) is 12.0 Å². The molecule has 0 bridgehead atoms. The van der Waals surface area contributed by atoms with E-state index < -0.39 is 0 Å². The monoisotopic (exact) mass is 252 g/mol. The van der Waals surface area contributed by atoms with Gasteiger partial charge in [-0.3, -0.25) is 0 Å². The summed E-state index contributed by atoms with van der Waals surface area (Å²) in [6.07, 6.45) is 2.61. The summed E-state index contributed by atoms with van der Waals surface area (Å²) < 4.78 is 2.02. The Hall–Kier alpha value is -0.900. The Kier molecular flexibility index (Phi) is 5.32. The van der Waals surface area contributed by atoms with Crippen molar-refractivity contribution < 1.29 is 0 Å². The first-order valence-corrected chi connectivity index (χ1v) is 6.91. The summed E-state index contributed by atoms with van der Waals surface area (Å²) in [5.74, 6) is 1.78. The maximum Gasteiger partial charge on any atom is 0.138 e. The van der Waals surface area contributed by atoms with Gasteiger partial charge >= 0.3 is 0 Å². The van der Waals surface area contributed by atoms with Gasteiger partial charge in [0.15, 0.2) is 0 Å². The summed E-state index contributed by atoms with van der Waals surface area (Å²) >= 11 is 0. The highest BCUT2D eigenvalue weighted by molar-refractivity contribution is 4.93. The van der Waals surface area contributed by atoms with Crippen molar-refractivity contribution in [3.63, 3.8) is 0 Å². The molecule has 0 unspecified atom stereocenters. The first-order chi connectivity index (χ1) is 8.32. The zero-order valence-corrected chi connectivity index (χ0v) is 12.7. The fourth-order valence-corrected chi connectivity index (χ4v) is 2.02. The molecule has 4 heteroatoms. The molecule has 0 fully saturated rings. The van der Waals surface area contributed by atoms with Crippen molar-refractivity contribution in [2.24, 2.45) is 11.3 Å². The summed E-state index contributed by atoms with van der Waals surface area (Å²) in [4.78, 5) is 4.39. The second-order valence-electron chi connectivity index (χ2n) is 6.58. The average molecular weight is 252 g/mol. The first kappa shape index (κ1) is 15.2. The summed E-state index contributed by atoms with van der Waals surface area (Å²) in [7, 11) is 0. The van der Waals surface area contributed by atoms with Gasteiger partial charge in [-0.05, 0) is 31.7 Å². The third kappa shape index (κ3) is 4.77. The number of aromatic nitrogens is 3. The van der Waals surface area contributed by atoms with Crippen molar-refractivity contribution in [1.82, 2.24) is 20.1 Å². The fraction of sp³-hybridized carbons (Fsp3) is 0.857. The summed E-state index contributed by atoms with van der Waals surface area (Å²) in [5, 5.41) is 7.82. The average Bonchev–Trinajstić information content (AvgIpc) is 2.63. The van der Waals surface area contributed by atoms with Gasteiger partial charge < -0.3 is 5.32 Å². The van der Waals surface area contributed by atoms with E-state index in [4.69, 9.17) is 0 Å². The van der Waals surface area contributed by atoms with Gasteiger partial charge in [0.25, 0.3) is 0 Å². The number of hydrogen-bond donors (Lipinski definition) is 1. The van der Waals surface area contributed by atoms with Crippen molar-refractivity contribution in [1.29, 1.82) is 0 Å². The molecule has 1 aromatic heterocycles. The van der Waals surface area contributed by atoms with Gasteiger partial charge in [-0.1, -0.05) is 27.7 Å². The number of nitrogens with zero attached hydrogens (tertiary/aromatic N) is 3. The summed E-state index contributed by atoms with van der Waals surface area (Å²) in [6, 6.07) is 0.377. The minimum atomic E-state index is 0.203. The third-order valence-electron chi connectivity index (χ3n) is 2.93. The zero-order valence-electron chi connectivity index (χ0n) is 12.7. The Bertz CT molecular complexity index is 352. The van der Waals surface area contributed by atoms with E-state index in [1.807, 2.05) is 4.68 Å². The molecule has 4 nitrogen and oxygen atoms in total. The number of hydrogen-bond acceptors (Lipinski definition) is 3. The molecule has 0 spiro atoms. The molecule has 0 radical (unpaired) electrons. The molecule has 0 atom stereocenters. The van der Waals surface area contributed by atoms with E-state index in [1.54, 1.807) is 6.33 Å². The van der Waals surface area contributed by atoms with Crippen LogP contribution in [0.15, 0.2) is 6.33 Å². The molecule has 0 aliphatic carbocycles. The van der Waals surface area contributed by atoms with Crippen molar-refractivity contribution in [3.05, 3.63) is 12.2 Å². The maximum atomic E-state index is 4.39. The van der Waals surface area contributed by atoms with Crippen LogP contribution in [0.1, 0.15) is 53.4 Å². The third-order valence-corrected chi connectivity index (χ3v) is 2.93. The molecule has 1 heterocycles. The molecule has 104 valence electrons. The smallest absolute Gasteiger partial charge is 0.138 e. The quantitative estimate of drug-likeness (QED) is 0.811. The normalized spacial score (nSPS) is 12.7. The molecule has 18 heavy (non-hydrogen) atoms. The molecule has 1 aromatic rings. The Morgan fingerprint density at radius 2 is 1.94 bits per heavy atom. The zero-order chi connectivity index (χ0) is 13.8. The molecule has 0 saturated carbocycles. The minimum absolute atomic E-state index is 0.203. The highest BCUT2D eigenvalue weighted by Gasteiger charge is 2.22. The lowest BCUT2D eigenvalue weighted by molar-refractivity contribution is 0.314. The van der Waals surface area contributed by atoms with Crippen LogP contribution in [-0.2, 0) is 6.42 Å². The Labute approximate surface area is 111 Å². The van der Waals surface area contributed by atoms with Crippen molar-refractivity contribution in [2.75, 3.05) is 13.1 Å². The van der Waals surface area contributed by atoms with Gasteiger partial charge in [0.2, 0.25) is 0 Å². The summed E-state index contributed by atoms with van der Waals surface area (Å²) in [5.41, 5.74) is 0.203. The molecule has 0 aliphatic rings. The Morgan fingerprint density at radius 1 is 1.28 bits per heavy atom. The van der Waals surface area contributed by atoms with Gasteiger partial charge in [0.05, 0.1) is 0 Å². The molecule has 0 saturated heterocycles. The Balaban J connectivity index is 2.56. The fourth-order valence-electron chi connectivity index (χ4n) is 2.02. The molecule has 0 amide bonds. The molecular formula is C14H28N4. The van der Waals surface area contributed by atoms with E-state index in [0.717, 1.165) is 25.3 Å². The van der Waals surface area contributed by atoms with Crippen LogP contribution in [0.3, 0.4) is 0 Å². The van der Waals surface area contributed by atoms with Crippen molar-refractivity contribution >= 4 is 0 Å². The van der Waals surface area contributed by atoms with E-state index >= 15 is 0 Å². The highest BCUT2D eigenvalue weighted by Crippen LogP contribution is 2.21. The SMILES string of the molecule is CC(C)CNCC(C)(C)Cc1ncnn1C(C)C. The largest absolute Gasteiger partial charge is 0.316 e. The van der Waals surface area contributed by atoms with Gasteiger partial charge in [0.1, 0.15) is 12.2 Å². The molecule has 0 aromatic carbocycles. The number of nitrogens with one attached hydrogen (secondary N) is 1. The maximum absolute atomic E-state index is 4.39. The lowest BCUT2D eigenvalue weighted by Gasteiger charge is -2.25. The van der Waals surface area contributed by atoms with Crippen LogP contribution in [0.5, 0.6) is 0 Å². The van der Waals surface area contributed by atoms with Crippen molar-refractivity contribution in [2.45, 2.75) is 54.0 Å². The predicted molar refractivity (Wildman–Crippen MR) is 75.6 cm³/mol. The highest BCUT2D eigenvalue weighted by atomic mass is 15.3. The van der Waals surface area contributed by atoms with Gasteiger partial charge in [-0.2, -0.15) is 5.10 Å². The Morgan fingerprint density at radius 3 is 2.50 bits per heavy atom. The molecule has 1 rings (SSSR count). The van der Waals surface area contributed by atoms with Crippen LogP contribution in [0.25, 0.3) is 0 Å². The number of rotatable bonds is 7. The van der Waals surface area contributed by atoms with Gasteiger partial charge in [-0.25, -0.2) is 9.67 Å². The predicted octanol–water partition coefficient (Wildman–Crippen LogP) is 2.67. The molecule has 0 aliphatic heterocycles. The van der Waals surface area contributed by atoms with Gasteiger partial charge in [0, 0.05) is 19.0 Å². The lowest BCUT2D eigenvalue weighted by atomic mass is 9.88. The van der Waals surface area contributed by atoms with Crippen LogP contribution in [0.2, 0.25) is 0 Å². The van der Waals surface area contributed by atoms with Crippen LogP contribution in [-0.4, -0.2) is 27.9 Å². The van der Waals surface area contributed by atoms with Crippen LogP contribution in [0, 0.1) is 11.3 Å². The second kappa shape index (κ2) is 6.32. The van der Waals surface area contributed by atoms with Crippen LogP contribution in [0.4, 0.5) is 0 Å². The standard InChI is InChI=1S/C14H28N4/c1-11(2)8-15-9-14(5,6)7-13-16-10-17-18(13)12(3)4/h10-12,15H,7-9H2,1-6H3. The molecule has 1 N–H and O–H groups in total. The van der Waals surface area contributed by atoms with Crippen LogP contribution >= 0.6 is 0 Å². The lowest BCUT2D eigenvalue weighted by Crippen LogP contribution is -2.34. The second-order valence-corrected chi connectivity index (χ2v) is 6.58. The van der Waals surface area contributed by atoms with E-state index in [2.05, 4.69) is 56.9 Å². The van der Waals surface area contributed by atoms with E-state index in [-0.39, 0.29) is 5.41 Å². The molecular weight excluding hydrogens is 224 g/mol. The van der Waals surface area contributed by atoms with E-state index in [9.17, 15) is 0 Å². The van der Waals surface area contributed by atoms with Crippen LogP contribution < -0.4 is 5.32 Å². The van der Waals surface area contributed by atoms with Gasteiger partial charge in [-0.15, -0.1) is 0 Å². The van der Waals surface area contributed by atoms with E-state index in [1.165, 1.54) is 0 Å². The summed E-state index contributed by atoms with van der Waals surface area (Å²) in [6.45, 7) is 15.4. The first-order valence-electron chi connectivity index (χ1n) is 6.91. The topological polar surface area (TPSA) is 42.7 Å².